The predicted octanol–water partition coefficient (Wildman–Crippen LogP) is 3.22. The summed E-state index contributed by atoms with van der Waals surface area (Å²) in [5.41, 5.74) is 8.43. The van der Waals surface area contributed by atoms with Gasteiger partial charge in [0.1, 0.15) is 0 Å². The first kappa shape index (κ1) is 10.9. The molecule has 0 aromatic heterocycles. The molecule has 0 saturated heterocycles. The van der Waals surface area contributed by atoms with Crippen LogP contribution in [0.4, 0.5) is 11.4 Å². The zero-order chi connectivity index (χ0) is 10.6. The van der Waals surface area contributed by atoms with Crippen LogP contribution in [0, 0.1) is 6.92 Å². The average Bonchev–Trinajstić information content (AvgIpc) is 2.14. The van der Waals surface area contributed by atoms with Crippen LogP contribution in [0.15, 0.2) is 24.3 Å². The summed E-state index contributed by atoms with van der Waals surface area (Å²) >= 11 is 5.92. The van der Waals surface area contributed by atoms with Gasteiger partial charge in [0, 0.05) is 12.2 Å². The van der Waals surface area contributed by atoms with Crippen LogP contribution in [0.2, 0.25) is 5.02 Å². The summed E-state index contributed by atoms with van der Waals surface area (Å²) in [6.45, 7) is 4.80. The Morgan fingerprint density at radius 2 is 2.21 bits per heavy atom. The first-order valence-corrected chi connectivity index (χ1v) is 4.93. The number of nitrogen functional groups attached to an aromatic ring is 1. The second-order valence-electron chi connectivity index (χ2n) is 3.14. The van der Waals surface area contributed by atoms with Crippen LogP contribution in [0.5, 0.6) is 0 Å². The van der Waals surface area contributed by atoms with E-state index in [1.54, 1.807) is 0 Å². The molecule has 0 bridgehead atoms. The Balaban J connectivity index is 2.81. The smallest absolute Gasteiger partial charge is 0.0656 e. The van der Waals surface area contributed by atoms with E-state index >= 15 is 0 Å². The van der Waals surface area contributed by atoms with Crippen LogP contribution in [-0.4, -0.2) is 6.54 Å². The summed E-state index contributed by atoms with van der Waals surface area (Å²) < 4.78 is 0. The van der Waals surface area contributed by atoms with Gasteiger partial charge in [0.05, 0.1) is 10.7 Å². The molecule has 2 nitrogen and oxygen atoms in total. The first-order chi connectivity index (χ1) is 6.65. The van der Waals surface area contributed by atoms with E-state index in [2.05, 4.69) is 5.32 Å². The van der Waals surface area contributed by atoms with Gasteiger partial charge >= 0.3 is 0 Å². The molecule has 0 unspecified atom stereocenters. The van der Waals surface area contributed by atoms with Crippen molar-refractivity contribution in [2.45, 2.75) is 13.8 Å². The molecule has 0 radical (unpaired) electrons. The molecular weight excluding hydrogens is 196 g/mol. The van der Waals surface area contributed by atoms with Gasteiger partial charge < -0.3 is 11.1 Å². The molecule has 0 fully saturated rings. The molecule has 1 aromatic rings. The number of rotatable bonds is 3. The molecule has 0 aliphatic heterocycles. The molecule has 0 aliphatic rings. The van der Waals surface area contributed by atoms with Crippen molar-refractivity contribution in [1.82, 2.24) is 0 Å². The Bertz CT molecular complexity index is 345. The fourth-order valence-electron chi connectivity index (χ4n) is 1.18. The number of allylic oxidation sites excluding steroid dienone is 1. The highest BCUT2D eigenvalue weighted by Crippen LogP contribution is 2.26. The third kappa shape index (κ3) is 2.67. The van der Waals surface area contributed by atoms with Crippen molar-refractivity contribution in [2.75, 3.05) is 17.6 Å². The van der Waals surface area contributed by atoms with Gasteiger partial charge in [-0.1, -0.05) is 23.8 Å². The number of benzene rings is 1. The van der Waals surface area contributed by atoms with E-state index in [1.807, 2.05) is 38.1 Å². The molecule has 0 atom stereocenters. The maximum atomic E-state index is 5.92. The van der Waals surface area contributed by atoms with Crippen LogP contribution in [-0.2, 0) is 0 Å². The van der Waals surface area contributed by atoms with E-state index < -0.39 is 0 Å². The lowest BCUT2D eigenvalue weighted by molar-refractivity contribution is 1.30. The highest BCUT2D eigenvalue weighted by Gasteiger charge is 2.01. The second-order valence-corrected chi connectivity index (χ2v) is 3.55. The molecule has 3 heteroatoms. The number of nitrogens with one attached hydrogen (secondary N) is 1. The average molecular weight is 211 g/mol. The van der Waals surface area contributed by atoms with E-state index in [-0.39, 0.29) is 0 Å². The maximum Gasteiger partial charge on any atom is 0.0656 e. The van der Waals surface area contributed by atoms with Crippen LogP contribution in [0.3, 0.4) is 0 Å². The van der Waals surface area contributed by atoms with E-state index in [9.17, 15) is 0 Å². The first-order valence-electron chi connectivity index (χ1n) is 4.55. The van der Waals surface area contributed by atoms with Gasteiger partial charge in [0.15, 0.2) is 0 Å². The Kier molecular flexibility index (Phi) is 3.84. The number of nitrogens with two attached hydrogens (primary N) is 1. The topological polar surface area (TPSA) is 38.0 Å². The Hall–Kier alpha value is -1.15. The van der Waals surface area contributed by atoms with E-state index in [0.717, 1.165) is 17.8 Å². The summed E-state index contributed by atoms with van der Waals surface area (Å²) in [6, 6.07) is 3.73. The largest absolute Gasteiger partial charge is 0.398 e. The number of hydrogen-bond donors (Lipinski definition) is 2. The number of anilines is 2. The standard InChI is InChI=1S/C11H15ClN2/c1-3-4-5-14-11-7-9(12)10(13)6-8(11)2/h3-4,6-7,14H,5,13H2,1-2H3/b4-3+. The quantitative estimate of drug-likeness (QED) is 0.594. The van der Waals surface area contributed by atoms with Crippen molar-refractivity contribution in [2.24, 2.45) is 0 Å². The highest BCUT2D eigenvalue weighted by molar-refractivity contribution is 6.33. The van der Waals surface area contributed by atoms with Gasteiger partial charge in [-0.25, -0.2) is 0 Å². The highest BCUT2D eigenvalue weighted by atomic mass is 35.5. The zero-order valence-corrected chi connectivity index (χ0v) is 9.23. The molecule has 0 amide bonds. The lowest BCUT2D eigenvalue weighted by Crippen LogP contribution is -2.01. The molecule has 76 valence electrons. The third-order valence-electron chi connectivity index (χ3n) is 1.99. The summed E-state index contributed by atoms with van der Waals surface area (Å²) in [6.07, 6.45) is 4.05. The van der Waals surface area contributed by atoms with E-state index in [4.69, 9.17) is 17.3 Å². The Morgan fingerprint density at radius 3 is 2.86 bits per heavy atom. The number of hydrogen-bond acceptors (Lipinski definition) is 2. The SMILES string of the molecule is C/C=C/CNc1cc(Cl)c(N)cc1C. The minimum absolute atomic E-state index is 0.596. The van der Waals surface area contributed by atoms with Gasteiger partial charge in [0.25, 0.3) is 0 Å². The molecule has 3 N–H and O–H groups in total. The molecular formula is C11H15ClN2. The van der Waals surface area contributed by atoms with E-state index in [1.165, 1.54) is 0 Å². The van der Waals surface area contributed by atoms with Crippen molar-refractivity contribution >= 4 is 23.0 Å². The fourth-order valence-corrected chi connectivity index (χ4v) is 1.34. The summed E-state index contributed by atoms with van der Waals surface area (Å²) in [4.78, 5) is 0. The summed E-state index contributed by atoms with van der Waals surface area (Å²) in [7, 11) is 0. The van der Waals surface area contributed by atoms with Gasteiger partial charge in [-0.05, 0) is 31.5 Å². The minimum atomic E-state index is 0.596. The van der Waals surface area contributed by atoms with Crippen molar-refractivity contribution in [1.29, 1.82) is 0 Å². The van der Waals surface area contributed by atoms with Crippen LogP contribution in [0.1, 0.15) is 12.5 Å². The second kappa shape index (κ2) is 4.91. The van der Waals surface area contributed by atoms with Crippen LogP contribution >= 0.6 is 11.6 Å². The lowest BCUT2D eigenvalue weighted by atomic mass is 10.2. The maximum absolute atomic E-state index is 5.92. The summed E-state index contributed by atoms with van der Waals surface area (Å²) in [5.74, 6) is 0. The zero-order valence-electron chi connectivity index (χ0n) is 8.47. The molecule has 0 saturated carbocycles. The minimum Gasteiger partial charge on any atom is -0.398 e. The fraction of sp³-hybridized carbons (Fsp3) is 0.273. The number of aryl methyl sites for hydroxylation is 1. The molecule has 1 rings (SSSR count). The van der Waals surface area contributed by atoms with Crippen molar-refractivity contribution < 1.29 is 0 Å². The molecule has 14 heavy (non-hydrogen) atoms. The van der Waals surface area contributed by atoms with Crippen LogP contribution < -0.4 is 11.1 Å². The van der Waals surface area contributed by atoms with Crippen LogP contribution in [0.25, 0.3) is 0 Å². The van der Waals surface area contributed by atoms with Gasteiger partial charge in [0.2, 0.25) is 0 Å². The van der Waals surface area contributed by atoms with Gasteiger partial charge in [-0.15, -0.1) is 0 Å². The summed E-state index contributed by atoms with van der Waals surface area (Å²) in [5, 5.41) is 3.85. The monoisotopic (exact) mass is 210 g/mol. The normalized spacial score (nSPS) is 10.8. The molecule has 1 aromatic carbocycles. The van der Waals surface area contributed by atoms with Crippen molar-refractivity contribution in [3.8, 4) is 0 Å². The van der Waals surface area contributed by atoms with Gasteiger partial charge in [-0.3, -0.25) is 0 Å². The lowest BCUT2D eigenvalue weighted by Gasteiger charge is -2.09. The Morgan fingerprint density at radius 1 is 1.50 bits per heavy atom. The molecule has 0 heterocycles. The van der Waals surface area contributed by atoms with E-state index in [0.29, 0.717) is 10.7 Å². The number of halogens is 1. The third-order valence-corrected chi connectivity index (χ3v) is 2.32. The van der Waals surface area contributed by atoms with Crippen molar-refractivity contribution in [3.63, 3.8) is 0 Å². The predicted molar refractivity (Wildman–Crippen MR) is 63.9 cm³/mol. The van der Waals surface area contributed by atoms with Gasteiger partial charge in [-0.2, -0.15) is 0 Å². The van der Waals surface area contributed by atoms with Crippen molar-refractivity contribution in [3.05, 3.63) is 34.9 Å². The molecule has 0 spiro atoms. The molecule has 0 aliphatic carbocycles. The Labute approximate surface area is 89.8 Å².